The van der Waals surface area contributed by atoms with E-state index >= 15 is 0 Å². The molecule has 0 atom stereocenters. The van der Waals surface area contributed by atoms with Crippen LogP contribution in [0.5, 0.6) is 5.75 Å². The Bertz CT molecular complexity index is 884. The average Bonchev–Trinajstić information content (AvgIpc) is 2.88. The summed E-state index contributed by atoms with van der Waals surface area (Å²) in [5.74, 6) is -0.696. The number of benzene rings is 2. The molecule has 0 unspecified atom stereocenters. The molecule has 0 saturated carbocycles. The minimum Gasteiger partial charge on any atom is -0.482 e. The Morgan fingerprint density at radius 2 is 1.74 bits per heavy atom. The van der Waals surface area contributed by atoms with E-state index in [1.165, 1.54) is 0 Å². The minimum atomic E-state index is -0.531. The number of hydrogen-bond acceptors (Lipinski definition) is 5. The maximum Gasteiger partial charge on any atom is 0.344 e. The third kappa shape index (κ3) is 4.67. The van der Waals surface area contributed by atoms with E-state index in [0.717, 1.165) is 9.37 Å². The summed E-state index contributed by atoms with van der Waals surface area (Å²) >= 11 is 9.06. The zero-order valence-corrected chi connectivity index (χ0v) is 16.5. The fourth-order valence-corrected chi connectivity index (χ4v) is 3.08. The zero-order chi connectivity index (χ0) is 19.4. The smallest absolute Gasteiger partial charge is 0.344 e. The number of imide groups is 1. The maximum absolute atomic E-state index is 12.3. The number of amides is 2. The molecule has 2 amide bonds. The third-order valence-electron chi connectivity index (χ3n) is 3.89. The van der Waals surface area contributed by atoms with Crippen LogP contribution < -0.4 is 4.74 Å². The molecule has 6 nitrogen and oxygen atoms in total. The fourth-order valence-electron chi connectivity index (χ4n) is 2.59. The lowest BCUT2D eigenvalue weighted by atomic mass is 10.1. The second kappa shape index (κ2) is 8.54. The van der Waals surface area contributed by atoms with Crippen LogP contribution in [0, 0.1) is 0 Å². The summed E-state index contributed by atoms with van der Waals surface area (Å²) < 4.78 is 11.1. The van der Waals surface area contributed by atoms with Crippen molar-refractivity contribution in [2.24, 2.45) is 0 Å². The fraction of sp³-hybridized carbons (Fsp3) is 0.211. The van der Waals surface area contributed by atoms with Crippen LogP contribution in [0.1, 0.15) is 27.1 Å². The summed E-state index contributed by atoms with van der Waals surface area (Å²) in [6.45, 7) is 0.0257. The third-order valence-corrected chi connectivity index (χ3v) is 4.64. The molecule has 1 aliphatic heterocycles. The van der Waals surface area contributed by atoms with Crippen LogP contribution in [0.2, 0.25) is 5.02 Å². The van der Waals surface area contributed by atoms with E-state index in [9.17, 15) is 14.4 Å². The number of esters is 1. The molecule has 8 heteroatoms. The van der Waals surface area contributed by atoms with Crippen molar-refractivity contribution in [1.29, 1.82) is 0 Å². The number of rotatable bonds is 7. The molecule has 1 heterocycles. The number of fused-ring (bicyclic) bond motifs is 1. The van der Waals surface area contributed by atoms with Gasteiger partial charge < -0.3 is 9.47 Å². The molecule has 140 valence electrons. The lowest BCUT2D eigenvalue weighted by Crippen LogP contribution is -2.31. The van der Waals surface area contributed by atoms with Gasteiger partial charge in [-0.05, 0) is 48.9 Å². The Morgan fingerprint density at radius 3 is 2.48 bits per heavy atom. The van der Waals surface area contributed by atoms with Gasteiger partial charge in [0.15, 0.2) is 6.61 Å². The monoisotopic (exact) mass is 451 g/mol. The molecule has 27 heavy (non-hydrogen) atoms. The van der Waals surface area contributed by atoms with Crippen molar-refractivity contribution in [2.75, 3.05) is 19.8 Å². The van der Waals surface area contributed by atoms with Crippen molar-refractivity contribution in [3.05, 3.63) is 63.1 Å². The molecule has 2 aromatic rings. The summed E-state index contributed by atoms with van der Waals surface area (Å²) in [7, 11) is 0. The first-order valence-electron chi connectivity index (χ1n) is 8.15. The summed E-state index contributed by atoms with van der Waals surface area (Å²) in [5, 5.41) is 0.574. The Balaban J connectivity index is 1.41. The van der Waals surface area contributed by atoms with E-state index in [1.54, 1.807) is 42.5 Å². The number of hydrogen-bond donors (Lipinski definition) is 0. The molecule has 0 N–H and O–H groups in total. The van der Waals surface area contributed by atoms with Gasteiger partial charge in [0, 0.05) is 16.0 Å². The molecule has 1 aliphatic rings. The minimum absolute atomic E-state index is 0.0832. The normalized spacial score (nSPS) is 12.9. The molecule has 0 bridgehead atoms. The van der Waals surface area contributed by atoms with E-state index < -0.39 is 5.97 Å². The van der Waals surface area contributed by atoms with Crippen molar-refractivity contribution in [2.45, 2.75) is 6.42 Å². The molecule has 0 aromatic heterocycles. The first kappa shape index (κ1) is 19.4. The van der Waals surface area contributed by atoms with Crippen molar-refractivity contribution in [1.82, 2.24) is 4.90 Å². The molecule has 0 saturated heterocycles. The van der Waals surface area contributed by atoms with Gasteiger partial charge in [-0.2, -0.15) is 0 Å². The number of carbonyl (C=O) groups is 3. The van der Waals surface area contributed by atoms with Crippen LogP contribution in [0.4, 0.5) is 0 Å². The van der Waals surface area contributed by atoms with Crippen molar-refractivity contribution in [3.8, 4) is 5.75 Å². The number of nitrogens with zero attached hydrogens (tertiary/aromatic N) is 1. The van der Waals surface area contributed by atoms with Gasteiger partial charge in [-0.3, -0.25) is 14.5 Å². The largest absolute Gasteiger partial charge is 0.482 e. The predicted molar refractivity (Wildman–Crippen MR) is 102 cm³/mol. The van der Waals surface area contributed by atoms with Crippen LogP contribution in [-0.2, 0) is 9.53 Å². The SMILES string of the molecule is O=C(COc1ccc(Cl)cc1)OCCCN1C(=O)c2ccc(Br)cc2C1=O. The lowest BCUT2D eigenvalue weighted by Gasteiger charge is -2.13. The topological polar surface area (TPSA) is 72.9 Å². The number of carbonyl (C=O) groups excluding carboxylic acids is 3. The molecule has 2 aromatic carbocycles. The highest BCUT2D eigenvalue weighted by molar-refractivity contribution is 9.10. The van der Waals surface area contributed by atoms with Crippen LogP contribution in [0.15, 0.2) is 46.9 Å². The zero-order valence-electron chi connectivity index (χ0n) is 14.1. The molecular weight excluding hydrogens is 438 g/mol. The van der Waals surface area contributed by atoms with Crippen LogP contribution in [-0.4, -0.2) is 42.4 Å². The average molecular weight is 453 g/mol. The van der Waals surface area contributed by atoms with Gasteiger partial charge in [-0.15, -0.1) is 0 Å². The molecule has 0 radical (unpaired) electrons. The number of halogens is 2. The van der Waals surface area contributed by atoms with E-state index in [1.807, 2.05) is 0 Å². The Hall–Kier alpha value is -2.38. The van der Waals surface area contributed by atoms with Gasteiger partial charge >= 0.3 is 5.97 Å². The second-order valence-electron chi connectivity index (χ2n) is 5.77. The van der Waals surface area contributed by atoms with E-state index in [-0.39, 0.29) is 31.6 Å². The molecule has 0 spiro atoms. The highest BCUT2D eigenvalue weighted by atomic mass is 79.9. The first-order valence-corrected chi connectivity index (χ1v) is 9.32. The van der Waals surface area contributed by atoms with Crippen molar-refractivity contribution in [3.63, 3.8) is 0 Å². The summed E-state index contributed by atoms with van der Waals surface area (Å²) in [5.41, 5.74) is 0.763. The van der Waals surface area contributed by atoms with Crippen LogP contribution in [0.3, 0.4) is 0 Å². The van der Waals surface area contributed by atoms with E-state index in [2.05, 4.69) is 15.9 Å². The van der Waals surface area contributed by atoms with Gasteiger partial charge in [0.1, 0.15) is 5.75 Å². The quantitative estimate of drug-likeness (QED) is 0.364. The maximum atomic E-state index is 12.3. The predicted octanol–water partition coefficient (Wildman–Crippen LogP) is 3.71. The highest BCUT2D eigenvalue weighted by Crippen LogP contribution is 2.26. The van der Waals surface area contributed by atoms with Crippen LogP contribution in [0.25, 0.3) is 0 Å². The van der Waals surface area contributed by atoms with Gasteiger partial charge in [-0.25, -0.2) is 4.79 Å². The van der Waals surface area contributed by atoms with Crippen molar-refractivity contribution >= 4 is 45.3 Å². The van der Waals surface area contributed by atoms with E-state index in [0.29, 0.717) is 28.3 Å². The highest BCUT2D eigenvalue weighted by Gasteiger charge is 2.35. The van der Waals surface area contributed by atoms with Gasteiger partial charge in [0.05, 0.1) is 17.7 Å². The first-order chi connectivity index (χ1) is 13.0. The molecule has 0 fully saturated rings. The molecular formula is C19H15BrClNO5. The summed E-state index contributed by atoms with van der Waals surface area (Å²) in [6.07, 6.45) is 0.347. The van der Waals surface area contributed by atoms with Crippen molar-refractivity contribution < 1.29 is 23.9 Å². The Kier molecular flexibility index (Phi) is 6.13. The van der Waals surface area contributed by atoms with E-state index in [4.69, 9.17) is 21.1 Å². The Labute approximate surface area is 169 Å². The standard InChI is InChI=1S/C19H15BrClNO5/c20-12-2-7-15-16(10-12)19(25)22(18(15)24)8-1-9-26-17(23)11-27-14-5-3-13(21)4-6-14/h2-7,10H,1,8-9,11H2. The summed E-state index contributed by atoms with van der Waals surface area (Å²) in [6, 6.07) is 11.6. The second-order valence-corrected chi connectivity index (χ2v) is 7.12. The van der Waals surface area contributed by atoms with Gasteiger partial charge in [0.2, 0.25) is 0 Å². The molecule has 3 rings (SSSR count). The summed E-state index contributed by atoms with van der Waals surface area (Å²) in [4.78, 5) is 37.5. The van der Waals surface area contributed by atoms with Gasteiger partial charge in [0.25, 0.3) is 11.8 Å². The van der Waals surface area contributed by atoms with Crippen LogP contribution >= 0.6 is 27.5 Å². The lowest BCUT2D eigenvalue weighted by molar-refractivity contribution is -0.146. The number of ether oxygens (including phenoxy) is 2. The Morgan fingerprint density at radius 1 is 1.04 bits per heavy atom. The molecule has 0 aliphatic carbocycles. The van der Waals surface area contributed by atoms with Gasteiger partial charge in [-0.1, -0.05) is 27.5 Å².